The molecule has 0 radical (unpaired) electrons. The Kier molecular flexibility index (Phi) is 5.38. The van der Waals surface area contributed by atoms with Crippen molar-refractivity contribution in [1.82, 2.24) is 9.97 Å². The number of aryl methyl sites for hydroxylation is 1. The van der Waals surface area contributed by atoms with Crippen LogP contribution in [-0.4, -0.2) is 23.6 Å². The van der Waals surface area contributed by atoms with Gasteiger partial charge in [-0.2, -0.15) is 0 Å². The first-order valence-electron chi connectivity index (χ1n) is 7.46. The summed E-state index contributed by atoms with van der Waals surface area (Å²) in [6.07, 6.45) is 6.94. The molecule has 1 saturated carbocycles. The van der Waals surface area contributed by atoms with E-state index in [0.717, 1.165) is 41.2 Å². The maximum absolute atomic E-state index is 5.90. The summed E-state index contributed by atoms with van der Waals surface area (Å²) in [7, 11) is 1.79. The number of halogens is 1. The molecule has 0 bridgehead atoms. The summed E-state index contributed by atoms with van der Waals surface area (Å²) in [5.41, 5.74) is 0.651. The first kappa shape index (κ1) is 15.7. The van der Waals surface area contributed by atoms with E-state index in [0.29, 0.717) is 0 Å². The van der Waals surface area contributed by atoms with Gasteiger partial charge in [-0.1, -0.05) is 25.7 Å². The highest BCUT2D eigenvalue weighted by Crippen LogP contribution is 2.38. The zero-order chi connectivity index (χ0) is 14.6. The molecule has 2 rings (SSSR count). The largest absolute Gasteiger partial charge is 0.370 e. The lowest BCUT2D eigenvalue weighted by Crippen LogP contribution is -2.31. The fraction of sp³-hybridized carbons (Fsp3) is 0.733. The number of rotatable bonds is 4. The number of hydrogen-bond donors (Lipinski definition) is 1. The molecule has 0 unspecified atom stereocenters. The Morgan fingerprint density at radius 3 is 2.40 bits per heavy atom. The third-order valence-electron chi connectivity index (χ3n) is 4.07. The van der Waals surface area contributed by atoms with Crippen molar-refractivity contribution in [3.05, 3.63) is 16.0 Å². The van der Waals surface area contributed by atoms with Crippen LogP contribution in [0.3, 0.4) is 0 Å². The Morgan fingerprint density at radius 1 is 1.20 bits per heavy atom. The van der Waals surface area contributed by atoms with Gasteiger partial charge in [-0.15, -0.1) is 0 Å². The average Bonchev–Trinajstić information content (AvgIpc) is 2.70. The monoisotopic (exact) mass is 341 g/mol. The first-order valence-corrected chi connectivity index (χ1v) is 8.26. The molecule has 112 valence electrons. The van der Waals surface area contributed by atoms with Crippen LogP contribution in [-0.2, 0) is 10.3 Å². The van der Waals surface area contributed by atoms with Crippen molar-refractivity contribution in [3.8, 4) is 0 Å². The molecule has 0 atom stereocenters. The van der Waals surface area contributed by atoms with Crippen LogP contribution in [0, 0.1) is 6.92 Å². The van der Waals surface area contributed by atoms with Crippen LogP contribution in [0.5, 0.6) is 0 Å². The summed E-state index contributed by atoms with van der Waals surface area (Å²) in [6, 6.07) is 0. The molecule has 1 heterocycles. The lowest BCUT2D eigenvalue weighted by atomic mass is 9.93. The molecule has 0 aromatic carbocycles. The van der Waals surface area contributed by atoms with Gasteiger partial charge in [0.2, 0.25) is 0 Å². The normalized spacial score (nSPS) is 18.6. The zero-order valence-corrected chi connectivity index (χ0v) is 14.2. The summed E-state index contributed by atoms with van der Waals surface area (Å²) in [5, 5.41) is 3.30. The van der Waals surface area contributed by atoms with Crippen molar-refractivity contribution in [2.45, 2.75) is 58.0 Å². The van der Waals surface area contributed by atoms with Crippen LogP contribution in [0.1, 0.15) is 57.0 Å². The van der Waals surface area contributed by atoms with E-state index in [2.05, 4.69) is 28.2 Å². The molecule has 0 amide bonds. The van der Waals surface area contributed by atoms with Crippen molar-refractivity contribution >= 4 is 21.7 Å². The van der Waals surface area contributed by atoms with Gasteiger partial charge in [0.15, 0.2) is 5.82 Å². The van der Waals surface area contributed by atoms with Crippen molar-refractivity contribution < 1.29 is 4.74 Å². The number of methoxy groups -OCH3 is 1. The van der Waals surface area contributed by atoms with E-state index in [1.807, 2.05) is 6.92 Å². The molecule has 1 aromatic heterocycles. The Labute approximate surface area is 129 Å². The Hall–Kier alpha value is -0.680. The van der Waals surface area contributed by atoms with Gasteiger partial charge < -0.3 is 10.1 Å². The molecule has 1 aromatic rings. The number of hydrogen-bond acceptors (Lipinski definition) is 4. The van der Waals surface area contributed by atoms with Gasteiger partial charge in [-0.05, 0) is 42.6 Å². The van der Waals surface area contributed by atoms with Crippen LogP contribution in [0.25, 0.3) is 0 Å². The maximum Gasteiger partial charge on any atom is 0.162 e. The van der Waals surface area contributed by atoms with Crippen LogP contribution in [0.4, 0.5) is 5.82 Å². The lowest BCUT2D eigenvalue weighted by molar-refractivity contribution is -0.0351. The summed E-state index contributed by atoms with van der Waals surface area (Å²) in [6.45, 7) is 4.92. The third kappa shape index (κ3) is 3.14. The molecular formula is C15H24BrN3O. The smallest absolute Gasteiger partial charge is 0.162 e. The summed E-state index contributed by atoms with van der Waals surface area (Å²) >= 11 is 3.57. The highest BCUT2D eigenvalue weighted by Gasteiger charge is 2.36. The molecule has 1 aliphatic rings. The molecule has 1 aliphatic carbocycles. The Morgan fingerprint density at radius 2 is 1.85 bits per heavy atom. The van der Waals surface area contributed by atoms with Gasteiger partial charge >= 0.3 is 0 Å². The van der Waals surface area contributed by atoms with Crippen LogP contribution >= 0.6 is 15.9 Å². The zero-order valence-electron chi connectivity index (χ0n) is 12.6. The summed E-state index contributed by atoms with van der Waals surface area (Å²) < 4.78 is 6.85. The fourth-order valence-electron chi connectivity index (χ4n) is 2.87. The van der Waals surface area contributed by atoms with E-state index in [9.17, 15) is 0 Å². The number of ether oxygens (including phenoxy) is 1. The second kappa shape index (κ2) is 6.85. The number of nitrogens with zero attached hydrogens (tertiary/aromatic N) is 2. The lowest BCUT2D eigenvalue weighted by Gasteiger charge is -2.30. The van der Waals surface area contributed by atoms with Crippen LogP contribution < -0.4 is 5.32 Å². The molecule has 1 N–H and O–H groups in total. The van der Waals surface area contributed by atoms with E-state index in [1.54, 1.807) is 7.11 Å². The first-order chi connectivity index (χ1) is 9.63. The molecule has 1 fully saturated rings. The molecule has 20 heavy (non-hydrogen) atoms. The molecule has 0 spiro atoms. The van der Waals surface area contributed by atoms with Crippen LogP contribution in [0.2, 0.25) is 0 Å². The van der Waals surface area contributed by atoms with E-state index in [-0.39, 0.29) is 5.60 Å². The van der Waals surface area contributed by atoms with Gasteiger partial charge in [0, 0.05) is 13.7 Å². The van der Waals surface area contributed by atoms with Gasteiger partial charge in [-0.25, -0.2) is 9.97 Å². The quantitative estimate of drug-likeness (QED) is 0.834. The minimum Gasteiger partial charge on any atom is -0.370 e. The fourth-order valence-corrected chi connectivity index (χ4v) is 3.18. The van der Waals surface area contributed by atoms with Crippen molar-refractivity contribution in [3.63, 3.8) is 0 Å². The molecule has 5 heteroatoms. The Bertz CT molecular complexity index is 457. The maximum atomic E-state index is 5.90. The minimum absolute atomic E-state index is 0.313. The van der Waals surface area contributed by atoms with E-state index in [4.69, 9.17) is 14.7 Å². The van der Waals surface area contributed by atoms with E-state index >= 15 is 0 Å². The molecule has 0 aliphatic heterocycles. The van der Waals surface area contributed by atoms with E-state index < -0.39 is 0 Å². The standard InChI is InChI=1S/C15H24BrN3O/c1-4-17-13-12(16)11(2)18-14(19-13)15(20-3)9-7-5-6-8-10-15/h4-10H2,1-3H3,(H,17,18,19). The minimum atomic E-state index is -0.313. The predicted octanol–water partition coefficient (Wildman–Crippen LogP) is 4.18. The highest BCUT2D eigenvalue weighted by atomic mass is 79.9. The van der Waals surface area contributed by atoms with E-state index in [1.165, 1.54) is 25.7 Å². The molecule has 0 saturated heterocycles. The predicted molar refractivity (Wildman–Crippen MR) is 85.0 cm³/mol. The summed E-state index contributed by atoms with van der Waals surface area (Å²) in [5.74, 6) is 1.70. The van der Waals surface area contributed by atoms with Gasteiger partial charge in [0.25, 0.3) is 0 Å². The molecular weight excluding hydrogens is 318 g/mol. The molecule has 4 nitrogen and oxygen atoms in total. The van der Waals surface area contributed by atoms with Gasteiger partial charge in [-0.3, -0.25) is 0 Å². The van der Waals surface area contributed by atoms with Gasteiger partial charge in [0.05, 0.1) is 10.2 Å². The highest BCUT2D eigenvalue weighted by molar-refractivity contribution is 9.10. The van der Waals surface area contributed by atoms with Crippen molar-refractivity contribution in [2.24, 2.45) is 0 Å². The Balaban J connectivity index is 2.43. The topological polar surface area (TPSA) is 47.0 Å². The SMILES string of the molecule is CCNc1nc(C2(OC)CCCCCC2)nc(C)c1Br. The second-order valence-electron chi connectivity index (χ2n) is 5.44. The number of anilines is 1. The van der Waals surface area contributed by atoms with Crippen LogP contribution in [0.15, 0.2) is 4.47 Å². The average molecular weight is 342 g/mol. The summed E-state index contributed by atoms with van der Waals surface area (Å²) in [4.78, 5) is 9.44. The number of aromatic nitrogens is 2. The second-order valence-corrected chi connectivity index (χ2v) is 6.23. The van der Waals surface area contributed by atoms with Gasteiger partial charge in [0.1, 0.15) is 11.4 Å². The third-order valence-corrected chi connectivity index (χ3v) is 5.02. The number of nitrogens with one attached hydrogen (secondary N) is 1. The van der Waals surface area contributed by atoms with Crippen molar-refractivity contribution in [2.75, 3.05) is 19.0 Å². The van der Waals surface area contributed by atoms with Crippen molar-refractivity contribution in [1.29, 1.82) is 0 Å².